The molecule has 1 fully saturated rings. The fourth-order valence-electron chi connectivity index (χ4n) is 6.13. The first-order valence-corrected chi connectivity index (χ1v) is 13.8. The molecule has 8 nitrogen and oxygen atoms in total. The summed E-state index contributed by atoms with van der Waals surface area (Å²) in [4.78, 5) is 17.0. The van der Waals surface area contributed by atoms with Crippen molar-refractivity contribution in [2.75, 3.05) is 43.1 Å². The highest BCUT2D eigenvalue weighted by molar-refractivity contribution is 6.36. The van der Waals surface area contributed by atoms with E-state index in [-0.39, 0.29) is 0 Å². The molecule has 0 radical (unpaired) electrons. The SMILES string of the molecule is CN1CCC[C@H]1COc1nc2c(c(N3CCc4cnoc4C3)n1)CCN(c1cccc3cccc(Cl)c13)C2. The van der Waals surface area contributed by atoms with Gasteiger partial charge in [0.25, 0.3) is 0 Å². The summed E-state index contributed by atoms with van der Waals surface area (Å²) in [6, 6.07) is 13.3. The molecule has 0 saturated carbocycles. The van der Waals surface area contributed by atoms with Gasteiger partial charge in [0.05, 0.1) is 30.0 Å². The predicted octanol–water partition coefficient (Wildman–Crippen LogP) is 4.87. The molecule has 38 heavy (non-hydrogen) atoms. The molecule has 0 spiro atoms. The normalized spacial score (nSPS) is 19.6. The second kappa shape index (κ2) is 9.75. The van der Waals surface area contributed by atoms with Crippen LogP contribution < -0.4 is 14.5 Å². The minimum absolute atomic E-state index is 0.402. The minimum Gasteiger partial charge on any atom is -0.462 e. The van der Waals surface area contributed by atoms with E-state index in [1.54, 1.807) is 0 Å². The van der Waals surface area contributed by atoms with Gasteiger partial charge in [0.15, 0.2) is 5.76 Å². The molecular weight excluding hydrogens is 500 g/mol. The predicted molar refractivity (Wildman–Crippen MR) is 148 cm³/mol. The Morgan fingerprint density at radius 3 is 2.76 bits per heavy atom. The van der Waals surface area contributed by atoms with Crippen molar-refractivity contribution in [3.8, 4) is 6.01 Å². The van der Waals surface area contributed by atoms with Crippen LogP contribution in [0, 0.1) is 0 Å². The van der Waals surface area contributed by atoms with Gasteiger partial charge in [-0.05, 0) is 56.8 Å². The lowest BCUT2D eigenvalue weighted by Crippen LogP contribution is -2.36. The van der Waals surface area contributed by atoms with E-state index in [4.69, 9.17) is 30.8 Å². The van der Waals surface area contributed by atoms with Crippen molar-refractivity contribution in [1.82, 2.24) is 20.0 Å². The summed E-state index contributed by atoms with van der Waals surface area (Å²) >= 11 is 6.68. The minimum atomic E-state index is 0.402. The molecule has 3 aliphatic heterocycles. The number of nitrogens with zero attached hydrogens (tertiary/aromatic N) is 6. The number of fused-ring (bicyclic) bond motifs is 3. The van der Waals surface area contributed by atoms with E-state index in [1.165, 1.54) is 17.5 Å². The van der Waals surface area contributed by atoms with Gasteiger partial charge in [-0.25, -0.2) is 0 Å². The molecular formula is C29H31ClN6O2. The molecule has 2 aromatic carbocycles. The van der Waals surface area contributed by atoms with Crippen molar-refractivity contribution < 1.29 is 9.26 Å². The lowest BCUT2D eigenvalue weighted by molar-refractivity contribution is 0.187. The number of ether oxygens (including phenoxy) is 1. The van der Waals surface area contributed by atoms with Crippen molar-refractivity contribution in [2.24, 2.45) is 0 Å². The van der Waals surface area contributed by atoms with Crippen LogP contribution in [0.2, 0.25) is 5.02 Å². The van der Waals surface area contributed by atoms with Crippen LogP contribution in [0.4, 0.5) is 11.5 Å². The Morgan fingerprint density at radius 2 is 1.89 bits per heavy atom. The Kier molecular flexibility index (Phi) is 6.09. The number of aromatic nitrogens is 3. The smallest absolute Gasteiger partial charge is 0.318 e. The van der Waals surface area contributed by atoms with Crippen LogP contribution in [-0.2, 0) is 25.9 Å². The molecule has 1 saturated heterocycles. The van der Waals surface area contributed by atoms with Gasteiger partial charge in [-0.15, -0.1) is 0 Å². The molecule has 196 valence electrons. The highest BCUT2D eigenvalue weighted by Crippen LogP contribution is 2.37. The summed E-state index contributed by atoms with van der Waals surface area (Å²) in [5, 5.41) is 7.01. The number of hydrogen-bond donors (Lipinski definition) is 0. The van der Waals surface area contributed by atoms with E-state index in [2.05, 4.69) is 51.2 Å². The summed E-state index contributed by atoms with van der Waals surface area (Å²) < 4.78 is 11.8. The molecule has 9 heteroatoms. The van der Waals surface area contributed by atoms with E-state index in [1.807, 2.05) is 18.3 Å². The van der Waals surface area contributed by atoms with E-state index in [0.29, 0.717) is 31.7 Å². The molecule has 0 amide bonds. The van der Waals surface area contributed by atoms with Gasteiger partial charge in [-0.2, -0.15) is 9.97 Å². The van der Waals surface area contributed by atoms with E-state index >= 15 is 0 Å². The third-order valence-corrected chi connectivity index (χ3v) is 8.60. The van der Waals surface area contributed by atoms with Crippen molar-refractivity contribution in [3.63, 3.8) is 0 Å². The monoisotopic (exact) mass is 530 g/mol. The van der Waals surface area contributed by atoms with Gasteiger partial charge in [0.1, 0.15) is 12.4 Å². The van der Waals surface area contributed by atoms with Crippen LogP contribution >= 0.6 is 11.6 Å². The molecule has 7 rings (SSSR count). The zero-order valence-corrected chi connectivity index (χ0v) is 22.3. The average molecular weight is 531 g/mol. The zero-order chi connectivity index (χ0) is 25.6. The van der Waals surface area contributed by atoms with Gasteiger partial charge in [-0.3, -0.25) is 0 Å². The second-order valence-corrected chi connectivity index (χ2v) is 11.0. The van der Waals surface area contributed by atoms with Gasteiger partial charge in [0, 0.05) is 41.3 Å². The van der Waals surface area contributed by atoms with E-state index in [9.17, 15) is 0 Å². The summed E-state index contributed by atoms with van der Waals surface area (Å²) in [5.41, 5.74) is 4.53. The van der Waals surface area contributed by atoms with E-state index in [0.717, 1.165) is 77.7 Å². The summed E-state index contributed by atoms with van der Waals surface area (Å²) in [6.07, 6.45) is 5.92. The summed E-state index contributed by atoms with van der Waals surface area (Å²) in [7, 11) is 2.16. The average Bonchev–Trinajstić information content (AvgIpc) is 3.59. The van der Waals surface area contributed by atoms with Crippen LogP contribution in [0.3, 0.4) is 0 Å². The third kappa shape index (κ3) is 4.25. The highest BCUT2D eigenvalue weighted by Gasteiger charge is 2.30. The molecule has 1 atom stereocenters. The maximum absolute atomic E-state index is 6.68. The van der Waals surface area contributed by atoms with Gasteiger partial charge in [0.2, 0.25) is 0 Å². The van der Waals surface area contributed by atoms with Crippen molar-refractivity contribution in [2.45, 2.75) is 44.8 Å². The Bertz CT molecular complexity index is 1480. The van der Waals surface area contributed by atoms with Gasteiger partial charge in [-0.1, -0.05) is 41.0 Å². The van der Waals surface area contributed by atoms with E-state index < -0.39 is 0 Å². The molecule has 4 aromatic rings. The van der Waals surface area contributed by atoms with Crippen molar-refractivity contribution in [3.05, 3.63) is 70.2 Å². The largest absolute Gasteiger partial charge is 0.462 e. The van der Waals surface area contributed by atoms with Crippen LogP contribution in [-0.4, -0.2) is 59.4 Å². The zero-order valence-electron chi connectivity index (χ0n) is 21.6. The first-order valence-electron chi connectivity index (χ1n) is 13.5. The number of rotatable bonds is 5. The number of likely N-dealkylation sites (N-methyl/N-ethyl adjacent to an activating group) is 1. The fraction of sp³-hybridized carbons (Fsp3) is 0.414. The summed E-state index contributed by atoms with van der Waals surface area (Å²) in [5.74, 6) is 1.88. The molecule has 0 N–H and O–H groups in total. The second-order valence-electron chi connectivity index (χ2n) is 10.6. The van der Waals surface area contributed by atoms with Gasteiger partial charge >= 0.3 is 6.01 Å². The Balaban J connectivity index is 1.24. The van der Waals surface area contributed by atoms with Gasteiger partial charge < -0.3 is 24.0 Å². The van der Waals surface area contributed by atoms with Crippen molar-refractivity contribution in [1.29, 1.82) is 0 Å². The number of benzene rings is 2. The Morgan fingerprint density at radius 1 is 1.03 bits per heavy atom. The first-order chi connectivity index (χ1) is 18.6. The molecule has 3 aliphatic rings. The van der Waals surface area contributed by atoms with Crippen LogP contribution in [0.25, 0.3) is 10.8 Å². The summed E-state index contributed by atoms with van der Waals surface area (Å²) in [6.45, 7) is 4.78. The maximum atomic E-state index is 6.68. The van der Waals surface area contributed by atoms with Crippen LogP contribution in [0.15, 0.2) is 47.1 Å². The van der Waals surface area contributed by atoms with Crippen LogP contribution in [0.5, 0.6) is 6.01 Å². The number of anilines is 2. The molecule has 2 aromatic heterocycles. The molecule has 0 bridgehead atoms. The molecule has 5 heterocycles. The first kappa shape index (κ1) is 23.7. The van der Waals surface area contributed by atoms with Crippen molar-refractivity contribution >= 4 is 33.9 Å². The third-order valence-electron chi connectivity index (χ3n) is 8.29. The molecule has 0 aliphatic carbocycles. The Labute approximate surface area is 227 Å². The quantitative estimate of drug-likeness (QED) is 0.362. The highest BCUT2D eigenvalue weighted by atomic mass is 35.5. The maximum Gasteiger partial charge on any atom is 0.318 e. The lowest BCUT2D eigenvalue weighted by atomic mass is 10.0. The number of likely N-dealkylation sites (tertiary alicyclic amines) is 1. The Hall–Kier alpha value is -3.36. The standard InChI is InChI=1S/C29H31ClN6O2/c1-34-12-4-7-21(34)18-37-29-32-24-16-35(25-9-3-6-19-5-2-8-23(30)27(19)25)14-11-22(24)28(33-29)36-13-10-20-15-31-38-26(20)17-36/h2-3,5-6,8-9,15,21H,4,7,10-14,16-18H2,1H3/t21-/m0/s1. The topological polar surface area (TPSA) is 70.8 Å². The van der Waals surface area contributed by atoms with Crippen LogP contribution in [0.1, 0.15) is 35.4 Å². The number of halogens is 1. The fourth-order valence-corrected chi connectivity index (χ4v) is 6.41. The lowest BCUT2D eigenvalue weighted by Gasteiger charge is -2.35. The molecule has 0 unspecified atom stereocenters. The number of hydrogen-bond acceptors (Lipinski definition) is 8.